The first-order chi connectivity index (χ1) is 15.5. The molecule has 0 spiro atoms. The summed E-state index contributed by atoms with van der Waals surface area (Å²) in [4.78, 5) is 28.6. The molecule has 5 rings (SSSR count). The number of likely N-dealkylation sites (N-methyl/N-ethyl adjacent to an activating group) is 1. The summed E-state index contributed by atoms with van der Waals surface area (Å²) in [5.41, 5.74) is 1.03. The minimum atomic E-state index is -0.152. The molecule has 0 radical (unpaired) electrons. The molecular weight excluding hydrogens is 428 g/mol. The number of hydrogen-bond acceptors (Lipinski definition) is 7. The Balaban J connectivity index is 1.22. The lowest BCUT2D eigenvalue weighted by Crippen LogP contribution is -2.39. The van der Waals surface area contributed by atoms with Crippen LogP contribution in [-0.4, -0.2) is 60.8 Å². The molecule has 1 unspecified atom stereocenters. The number of nitrogens with zero attached hydrogens (tertiary/aromatic N) is 4. The molecule has 2 amide bonds. The van der Waals surface area contributed by atoms with Crippen molar-refractivity contribution >= 4 is 28.3 Å². The van der Waals surface area contributed by atoms with Gasteiger partial charge in [-0.2, -0.15) is 0 Å². The molecule has 3 aliphatic rings. The molecule has 0 N–H and O–H groups in total. The standard InChI is InChI=1S/C23H28N4O4S/c1-26(23-25-24-22(32-23)15-5-6-15)21(29)12-27-11-17(10-20(27)28)16-7-8-18(30-2)19(9-16)31-13-14-3-4-14/h7-9,14-15,17H,3-6,10-13H2,1-2H3. The third-order valence-electron chi connectivity index (χ3n) is 6.39. The van der Waals surface area contributed by atoms with Gasteiger partial charge < -0.3 is 14.4 Å². The van der Waals surface area contributed by atoms with Gasteiger partial charge in [0, 0.05) is 31.8 Å². The topological polar surface area (TPSA) is 84.9 Å². The Bertz CT molecular complexity index is 1020. The van der Waals surface area contributed by atoms with Gasteiger partial charge in [0.05, 0.1) is 13.7 Å². The van der Waals surface area contributed by atoms with E-state index in [4.69, 9.17) is 9.47 Å². The second-order valence-electron chi connectivity index (χ2n) is 8.99. The summed E-state index contributed by atoms with van der Waals surface area (Å²) >= 11 is 1.47. The normalized spacial score (nSPS) is 20.5. The van der Waals surface area contributed by atoms with Crippen molar-refractivity contribution < 1.29 is 19.1 Å². The number of ether oxygens (including phenoxy) is 2. The molecule has 3 fully saturated rings. The van der Waals surface area contributed by atoms with Crippen molar-refractivity contribution in [3.8, 4) is 11.5 Å². The van der Waals surface area contributed by atoms with Crippen LogP contribution in [0.2, 0.25) is 0 Å². The maximum absolute atomic E-state index is 12.8. The van der Waals surface area contributed by atoms with Crippen LogP contribution in [-0.2, 0) is 9.59 Å². The van der Waals surface area contributed by atoms with Crippen LogP contribution in [0.5, 0.6) is 11.5 Å². The molecule has 1 aromatic carbocycles. The number of carbonyl (C=O) groups is 2. The first-order valence-corrected chi connectivity index (χ1v) is 12.0. The van der Waals surface area contributed by atoms with E-state index < -0.39 is 0 Å². The van der Waals surface area contributed by atoms with Crippen molar-refractivity contribution in [3.63, 3.8) is 0 Å². The lowest BCUT2D eigenvalue weighted by molar-refractivity contribution is -0.132. The highest BCUT2D eigenvalue weighted by molar-refractivity contribution is 7.15. The van der Waals surface area contributed by atoms with E-state index in [1.54, 1.807) is 19.1 Å². The van der Waals surface area contributed by atoms with Crippen LogP contribution in [0.1, 0.15) is 54.5 Å². The Kier molecular flexibility index (Phi) is 5.75. The van der Waals surface area contributed by atoms with Crippen LogP contribution in [0.3, 0.4) is 0 Å². The summed E-state index contributed by atoms with van der Waals surface area (Å²) in [6, 6.07) is 5.87. The Morgan fingerprint density at radius 1 is 1.19 bits per heavy atom. The largest absolute Gasteiger partial charge is 0.493 e. The van der Waals surface area contributed by atoms with Crippen molar-refractivity contribution in [1.29, 1.82) is 0 Å². The van der Waals surface area contributed by atoms with E-state index in [-0.39, 0.29) is 24.3 Å². The van der Waals surface area contributed by atoms with E-state index in [2.05, 4.69) is 10.2 Å². The number of amides is 2. The number of anilines is 1. The van der Waals surface area contributed by atoms with Crippen LogP contribution in [0.15, 0.2) is 18.2 Å². The smallest absolute Gasteiger partial charge is 0.248 e. The van der Waals surface area contributed by atoms with Gasteiger partial charge in [-0.05, 0) is 49.3 Å². The molecular formula is C23H28N4O4S. The summed E-state index contributed by atoms with van der Waals surface area (Å²) in [6.07, 6.45) is 5.12. The van der Waals surface area contributed by atoms with Crippen LogP contribution in [0, 0.1) is 5.92 Å². The molecule has 0 bridgehead atoms. The molecule has 8 nitrogen and oxygen atoms in total. The molecule has 1 aromatic heterocycles. The lowest BCUT2D eigenvalue weighted by atomic mass is 9.98. The van der Waals surface area contributed by atoms with Crippen LogP contribution in [0.4, 0.5) is 5.13 Å². The van der Waals surface area contributed by atoms with Gasteiger partial charge in [-0.3, -0.25) is 14.5 Å². The number of aromatic nitrogens is 2. The zero-order chi connectivity index (χ0) is 22.2. The average molecular weight is 457 g/mol. The number of methoxy groups -OCH3 is 1. The maximum Gasteiger partial charge on any atom is 0.248 e. The van der Waals surface area contributed by atoms with Gasteiger partial charge in [0.1, 0.15) is 11.6 Å². The van der Waals surface area contributed by atoms with E-state index in [1.807, 2.05) is 18.2 Å². The molecule has 2 saturated carbocycles. The average Bonchev–Trinajstić information content (AvgIpc) is 3.73. The van der Waals surface area contributed by atoms with E-state index in [9.17, 15) is 9.59 Å². The van der Waals surface area contributed by atoms with Gasteiger partial charge in [0.2, 0.25) is 16.9 Å². The second kappa shape index (κ2) is 8.69. The molecule has 170 valence electrons. The van der Waals surface area contributed by atoms with E-state index in [1.165, 1.54) is 29.1 Å². The van der Waals surface area contributed by atoms with Crippen LogP contribution in [0.25, 0.3) is 0 Å². The number of rotatable bonds is 9. The molecule has 2 aliphatic carbocycles. The van der Waals surface area contributed by atoms with Gasteiger partial charge in [-0.1, -0.05) is 17.4 Å². The highest BCUT2D eigenvalue weighted by atomic mass is 32.1. The number of carbonyl (C=O) groups excluding carboxylic acids is 2. The summed E-state index contributed by atoms with van der Waals surface area (Å²) in [5, 5.41) is 9.95. The van der Waals surface area contributed by atoms with E-state index >= 15 is 0 Å². The highest BCUT2D eigenvalue weighted by Gasteiger charge is 2.34. The predicted octanol–water partition coefficient (Wildman–Crippen LogP) is 3.19. The minimum Gasteiger partial charge on any atom is -0.493 e. The molecule has 32 heavy (non-hydrogen) atoms. The van der Waals surface area contributed by atoms with Crippen LogP contribution < -0.4 is 14.4 Å². The SMILES string of the molecule is COc1ccc(C2CC(=O)N(CC(=O)N(C)c3nnc(C4CC4)s3)C2)cc1OCC1CC1. The van der Waals surface area contributed by atoms with Crippen molar-refractivity contribution in [1.82, 2.24) is 15.1 Å². The van der Waals surface area contributed by atoms with Gasteiger partial charge in [0.15, 0.2) is 11.5 Å². The molecule has 1 saturated heterocycles. The Morgan fingerprint density at radius 3 is 2.72 bits per heavy atom. The van der Waals surface area contributed by atoms with Gasteiger partial charge in [-0.15, -0.1) is 10.2 Å². The fourth-order valence-electron chi connectivity index (χ4n) is 3.93. The van der Waals surface area contributed by atoms with Gasteiger partial charge in [-0.25, -0.2) is 0 Å². The Labute approximate surface area is 191 Å². The number of likely N-dealkylation sites (tertiary alicyclic amines) is 1. The quantitative estimate of drug-likeness (QED) is 0.576. The molecule has 9 heteroatoms. The summed E-state index contributed by atoms with van der Waals surface area (Å²) in [5.74, 6) is 2.44. The second-order valence-corrected chi connectivity index (χ2v) is 9.98. The lowest BCUT2D eigenvalue weighted by Gasteiger charge is -2.20. The summed E-state index contributed by atoms with van der Waals surface area (Å²) < 4.78 is 11.4. The molecule has 2 aromatic rings. The van der Waals surface area contributed by atoms with Gasteiger partial charge in [0.25, 0.3) is 0 Å². The molecule has 1 aliphatic heterocycles. The Morgan fingerprint density at radius 2 is 2.00 bits per heavy atom. The monoisotopic (exact) mass is 456 g/mol. The first-order valence-electron chi connectivity index (χ1n) is 11.2. The number of hydrogen-bond donors (Lipinski definition) is 0. The van der Waals surface area contributed by atoms with Crippen molar-refractivity contribution in [2.24, 2.45) is 5.92 Å². The van der Waals surface area contributed by atoms with E-state index in [0.717, 1.165) is 29.2 Å². The highest BCUT2D eigenvalue weighted by Crippen LogP contribution is 2.42. The van der Waals surface area contributed by atoms with Crippen molar-refractivity contribution in [2.75, 3.05) is 38.8 Å². The fraction of sp³-hybridized carbons (Fsp3) is 0.565. The van der Waals surface area contributed by atoms with Crippen molar-refractivity contribution in [3.05, 3.63) is 28.8 Å². The van der Waals surface area contributed by atoms with Gasteiger partial charge >= 0.3 is 0 Å². The van der Waals surface area contributed by atoms with E-state index in [0.29, 0.717) is 42.3 Å². The Hall–Kier alpha value is -2.68. The zero-order valence-electron chi connectivity index (χ0n) is 18.5. The zero-order valence-corrected chi connectivity index (χ0v) is 19.3. The number of benzene rings is 1. The third kappa shape index (κ3) is 4.57. The van der Waals surface area contributed by atoms with Crippen molar-refractivity contribution in [2.45, 2.75) is 43.9 Å². The maximum atomic E-state index is 12.8. The molecule has 2 heterocycles. The summed E-state index contributed by atoms with van der Waals surface area (Å²) in [6.45, 7) is 1.26. The first kappa shape index (κ1) is 21.2. The minimum absolute atomic E-state index is 0.0102. The third-order valence-corrected chi connectivity index (χ3v) is 7.55. The van der Waals surface area contributed by atoms with Crippen LogP contribution >= 0.6 is 11.3 Å². The predicted molar refractivity (Wildman–Crippen MR) is 120 cm³/mol. The molecule has 1 atom stereocenters. The fourth-order valence-corrected chi connectivity index (χ4v) is 4.93. The summed E-state index contributed by atoms with van der Waals surface area (Å²) in [7, 11) is 3.33.